The molecular weight excluding hydrogens is 202 g/mol. The van der Waals surface area contributed by atoms with Crippen LogP contribution in [-0.2, 0) is 4.79 Å². The quantitative estimate of drug-likeness (QED) is 0.689. The third-order valence-corrected chi connectivity index (χ3v) is 3.67. The van der Waals surface area contributed by atoms with E-state index in [1.807, 2.05) is 0 Å². The second-order valence-electron chi connectivity index (χ2n) is 5.48. The van der Waals surface area contributed by atoms with E-state index in [1.165, 1.54) is 25.7 Å². The Hall–Kier alpha value is -0.570. The van der Waals surface area contributed by atoms with Crippen molar-refractivity contribution in [1.29, 1.82) is 0 Å². The molecule has 2 aliphatic carbocycles. The number of carboxylic acids is 1. The fourth-order valence-corrected chi connectivity index (χ4v) is 2.33. The van der Waals surface area contributed by atoms with Gasteiger partial charge < -0.3 is 5.11 Å². The van der Waals surface area contributed by atoms with Gasteiger partial charge in [-0.3, -0.25) is 9.69 Å². The highest BCUT2D eigenvalue weighted by molar-refractivity contribution is 5.73. The average molecular weight is 225 g/mol. The van der Waals surface area contributed by atoms with Crippen molar-refractivity contribution in [3.63, 3.8) is 0 Å². The minimum atomic E-state index is -0.622. The molecule has 0 saturated heterocycles. The Kier molecular flexibility index (Phi) is 3.85. The van der Waals surface area contributed by atoms with Crippen molar-refractivity contribution < 1.29 is 9.90 Å². The van der Waals surface area contributed by atoms with Gasteiger partial charge in [-0.2, -0.15) is 0 Å². The molecule has 0 aromatic heterocycles. The Bertz CT molecular complexity index is 232. The SMILES string of the molecule is CCCC(C(=O)O)N(CC1CC1)CC1CC1. The largest absolute Gasteiger partial charge is 0.480 e. The molecule has 0 aromatic carbocycles. The molecule has 16 heavy (non-hydrogen) atoms. The van der Waals surface area contributed by atoms with Crippen molar-refractivity contribution in [2.75, 3.05) is 13.1 Å². The van der Waals surface area contributed by atoms with E-state index >= 15 is 0 Å². The summed E-state index contributed by atoms with van der Waals surface area (Å²) in [7, 11) is 0. The smallest absolute Gasteiger partial charge is 0.320 e. The van der Waals surface area contributed by atoms with Gasteiger partial charge in [-0.25, -0.2) is 0 Å². The summed E-state index contributed by atoms with van der Waals surface area (Å²) >= 11 is 0. The van der Waals surface area contributed by atoms with Crippen molar-refractivity contribution in [2.45, 2.75) is 51.5 Å². The van der Waals surface area contributed by atoms with Crippen LogP contribution < -0.4 is 0 Å². The molecule has 0 heterocycles. The van der Waals surface area contributed by atoms with Gasteiger partial charge in [-0.15, -0.1) is 0 Å². The predicted octanol–water partition coefficient (Wildman–Crippen LogP) is 2.36. The summed E-state index contributed by atoms with van der Waals surface area (Å²) in [5.74, 6) is 0.957. The van der Waals surface area contributed by atoms with Crippen LogP contribution in [0.5, 0.6) is 0 Å². The van der Waals surface area contributed by atoms with E-state index in [0.717, 1.165) is 37.8 Å². The van der Waals surface area contributed by atoms with Crippen molar-refractivity contribution >= 4 is 5.97 Å². The summed E-state index contributed by atoms with van der Waals surface area (Å²) < 4.78 is 0. The zero-order valence-electron chi connectivity index (χ0n) is 10.2. The van der Waals surface area contributed by atoms with Gasteiger partial charge in [0.25, 0.3) is 0 Å². The van der Waals surface area contributed by atoms with Gasteiger partial charge in [0.1, 0.15) is 6.04 Å². The van der Waals surface area contributed by atoms with Gasteiger partial charge in [-0.05, 0) is 43.9 Å². The first-order valence-electron chi connectivity index (χ1n) is 6.67. The average Bonchev–Trinajstić information content (AvgIpc) is 3.07. The molecule has 0 radical (unpaired) electrons. The van der Waals surface area contributed by atoms with E-state index in [9.17, 15) is 9.90 Å². The molecule has 92 valence electrons. The Morgan fingerprint density at radius 1 is 1.25 bits per heavy atom. The molecule has 2 aliphatic rings. The lowest BCUT2D eigenvalue weighted by molar-refractivity contribution is -0.143. The minimum absolute atomic E-state index is 0.230. The van der Waals surface area contributed by atoms with E-state index in [4.69, 9.17) is 0 Å². The number of aliphatic carboxylic acids is 1. The van der Waals surface area contributed by atoms with E-state index in [2.05, 4.69) is 11.8 Å². The third kappa shape index (κ3) is 3.48. The van der Waals surface area contributed by atoms with Crippen LogP contribution >= 0.6 is 0 Å². The molecule has 1 atom stereocenters. The normalized spacial score (nSPS) is 22.4. The van der Waals surface area contributed by atoms with Crippen LogP contribution in [-0.4, -0.2) is 35.1 Å². The Morgan fingerprint density at radius 2 is 1.75 bits per heavy atom. The maximum atomic E-state index is 11.3. The first kappa shape index (κ1) is 11.9. The van der Waals surface area contributed by atoms with Gasteiger partial charge >= 0.3 is 5.97 Å². The lowest BCUT2D eigenvalue weighted by atomic mass is 10.1. The van der Waals surface area contributed by atoms with E-state index in [1.54, 1.807) is 0 Å². The summed E-state index contributed by atoms with van der Waals surface area (Å²) in [6.07, 6.45) is 6.98. The topological polar surface area (TPSA) is 40.5 Å². The molecule has 1 N–H and O–H groups in total. The van der Waals surface area contributed by atoms with Gasteiger partial charge in [0.15, 0.2) is 0 Å². The summed E-state index contributed by atoms with van der Waals surface area (Å²) in [6.45, 7) is 4.11. The van der Waals surface area contributed by atoms with E-state index < -0.39 is 5.97 Å². The van der Waals surface area contributed by atoms with Crippen molar-refractivity contribution in [2.24, 2.45) is 11.8 Å². The monoisotopic (exact) mass is 225 g/mol. The van der Waals surface area contributed by atoms with Gasteiger partial charge in [0.2, 0.25) is 0 Å². The number of carbonyl (C=O) groups is 1. The molecule has 0 bridgehead atoms. The zero-order valence-corrected chi connectivity index (χ0v) is 10.2. The summed E-state index contributed by atoms with van der Waals surface area (Å²) in [5, 5.41) is 9.30. The molecule has 3 nitrogen and oxygen atoms in total. The van der Waals surface area contributed by atoms with Gasteiger partial charge in [0, 0.05) is 13.1 Å². The van der Waals surface area contributed by atoms with Gasteiger partial charge in [0.05, 0.1) is 0 Å². The molecule has 1 unspecified atom stereocenters. The summed E-state index contributed by atoms with van der Waals surface area (Å²) in [5.41, 5.74) is 0. The molecule has 0 aromatic rings. The molecule has 2 fully saturated rings. The highest BCUT2D eigenvalue weighted by Gasteiger charge is 2.34. The van der Waals surface area contributed by atoms with Crippen molar-refractivity contribution in [3.05, 3.63) is 0 Å². The van der Waals surface area contributed by atoms with Crippen LogP contribution in [0.1, 0.15) is 45.4 Å². The lowest BCUT2D eigenvalue weighted by Crippen LogP contribution is -2.43. The first-order valence-corrected chi connectivity index (χ1v) is 6.67. The van der Waals surface area contributed by atoms with Crippen LogP contribution in [0.4, 0.5) is 0 Å². The fourth-order valence-electron chi connectivity index (χ4n) is 2.33. The number of rotatable bonds is 8. The Balaban J connectivity index is 1.91. The molecule has 0 spiro atoms. The molecule has 0 amide bonds. The van der Waals surface area contributed by atoms with Crippen LogP contribution in [0.25, 0.3) is 0 Å². The molecule has 2 rings (SSSR count). The highest BCUT2D eigenvalue weighted by atomic mass is 16.4. The number of hydrogen-bond donors (Lipinski definition) is 1. The molecular formula is C13H23NO2. The second-order valence-corrected chi connectivity index (χ2v) is 5.48. The predicted molar refractivity (Wildman–Crippen MR) is 63.4 cm³/mol. The Labute approximate surface area is 97.8 Å². The fraction of sp³-hybridized carbons (Fsp3) is 0.923. The summed E-state index contributed by atoms with van der Waals surface area (Å²) in [6, 6.07) is -0.230. The van der Waals surface area contributed by atoms with Gasteiger partial charge in [-0.1, -0.05) is 13.3 Å². The number of hydrogen-bond acceptors (Lipinski definition) is 2. The number of carboxylic acid groups (broad SMARTS) is 1. The maximum absolute atomic E-state index is 11.3. The van der Waals surface area contributed by atoms with E-state index in [0.29, 0.717) is 0 Å². The Morgan fingerprint density at radius 3 is 2.06 bits per heavy atom. The maximum Gasteiger partial charge on any atom is 0.320 e. The van der Waals surface area contributed by atoms with Crippen LogP contribution in [0.15, 0.2) is 0 Å². The van der Waals surface area contributed by atoms with Crippen molar-refractivity contribution in [1.82, 2.24) is 4.90 Å². The first-order chi connectivity index (χ1) is 7.70. The van der Waals surface area contributed by atoms with Crippen LogP contribution in [0.2, 0.25) is 0 Å². The van der Waals surface area contributed by atoms with Crippen molar-refractivity contribution in [3.8, 4) is 0 Å². The third-order valence-electron chi connectivity index (χ3n) is 3.67. The lowest BCUT2D eigenvalue weighted by Gasteiger charge is -2.28. The molecule has 2 saturated carbocycles. The second kappa shape index (κ2) is 5.17. The molecule has 0 aliphatic heterocycles. The number of nitrogens with zero attached hydrogens (tertiary/aromatic N) is 1. The van der Waals surface area contributed by atoms with E-state index in [-0.39, 0.29) is 6.04 Å². The van der Waals surface area contributed by atoms with Crippen LogP contribution in [0.3, 0.4) is 0 Å². The zero-order chi connectivity index (χ0) is 11.5. The standard InChI is InChI=1S/C13H23NO2/c1-2-3-12(13(15)16)14(8-10-4-5-10)9-11-6-7-11/h10-12H,2-9H2,1H3,(H,15,16). The minimum Gasteiger partial charge on any atom is -0.480 e. The summed E-state index contributed by atoms with van der Waals surface area (Å²) in [4.78, 5) is 13.5. The van der Waals surface area contributed by atoms with Crippen LogP contribution in [0, 0.1) is 11.8 Å². The highest BCUT2D eigenvalue weighted by Crippen LogP contribution is 2.34. The molecule has 3 heteroatoms.